The molecule has 0 aromatic heterocycles. The van der Waals surface area contributed by atoms with Crippen molar-refractivity contribution in [1.82, 2.24) is 5.32 Å². The van der Waals surface area contributed by atoms with Gasteiger partial charge in [-0.1, -0.05) is 6.92 Å². The third-order valence-electron chi connectivity index (χ3n) is 3.04. The molecule has 100 valence electrons. The van der Waals surface area contributed by atoms with Crippen LogP contribution in [0.2, 0.25) is 0 Å². The lowest BCUT2D eigenvalue weighted by molar-refractivity contribution is 0.252. The maximum Gasteiger partial charge on any atom is 0.127 e. The average Bonchev–Trinajstić information content (AvgIpc) is 2.78. The van der Waals surface area contributed by atoms with E-state index in [2.05, 4.69) is 18.3 Å². The van der Waals surface area contributed by atoms with E-state index in [4.69, 9.17) is 14.6 Å². The lowest BCUT2D eigenvalue weighted by Crippen LogP contribution is -2.21. The molecule has 1 aliphatic rings. The van der Waals surface area contributed by atoms with Crippen LogP contribution < -0.4 is 14.8 Å². The number of ether oxygens (including phenoxy) is 2. The van der Waals surface area contributed by atoms with Crippen LogP contribution in [0.1, 0.15) is 31.4 Å². The molecule has 1 heterocycles. The minimum absolute atomic E-state index is 0.223. The van der Waals surface area contributed by atoms with Crippen molar-refractivity contribution < 1.29 is 14.6 Å². The minimum atomic E-state index is 0.223. The lowest BCUT2D eigenvalue weighted by Gasteiger charge is -2.10. The normalized spacial score (nSPS) is 17.3. The molecule has 0 spiro atoms. The van der Waals surface area contributed by atoms with Crippen LogP contribution in [-0.4, -0.2) is 31.5 Å². The Morgan fingerprint density at radius 3 is 3.11 bits per heavy atom. The zero-order valence-electron chi connectivity index (χ0n) is 10.8. The fourth-order valence-corrected chi connectivity index (χ4v) is 2.10. The minimum Gasteiger partial charge on any atom is -0.493 e. The molecule has 1 unspecified atom stereocenters. The Balaban J connectivity index is 1.92. The van der Waals surface area contributed by atoms with Crippen molar-refractivity contribution in [1.29, 1.82) is 0 Å². The van der Waals surface area contributed by atoms with Gasteiger partial charge in [0.2, 0.25) is 0 Å². The van der Waals surface area contributed by atoms with Gasteiger partial charge in [0.25, 0.3) is 0 Å². The SMILES string of the molecule is CCNC1COc2cc(OCCCCO)ccc21. The van der Waals surface area contributed by atoms with E-state index in [9.17, 15) is 0 Å². The highest BCUT2D eigenvalue weighted by atomic mass is 16.5. The number of likely N-dealkylation sites (N-methyl/N-ethyl adjacent to an activating group) is 1. The molecular weight excluding hydrogens is 230 g/mol. The van der Waals surface area contributed by atoms with E-state index in [0.29, 0.717) is 19.3 Å². The maximum atomic E-state index is 8.69. The monoisotopic (exact) mass is 251 g/mol. The van der Waals surface area contributed by atoms with Crippen LogP contribution in [0.4, 0.5) is 0 Å². The number of hydrogen-bond donors (Lipinski definition) is 2. The fourth-order valence-electron chi connectivity index (χ4n) is 2.10. The molecule has 0 amide bonds. The van der Waals surface area contributed by atoms with E-state index >= 15 is 0 Å². The average molecular weight is 251 g/mol. The smallest absolute Gasteiger partial charge is 0.127 e. The topological polar surface area (TPSA) is 50.7 Å². The van der Waals surface area contributed by atoms with Crippen LogP contribution in [0.3, 0.4) is 0 Å². The Hall–Kier alpha value is -1.26. The number of aliphatic hydroxyl groups excluding tert-OH is 1. The highest BCUT2D eigenvalue weighted by Gasteiger charge is 2.23. The molecule has 2 rings (SSSR count). The first-order valence-corrected chi connectivity index (χ1v) is 6.59. The summed E-state index contributed by atoms with van der Waals surface area (Å²) >= 11 is 0. The Morgan fingerprint density at radius 2 is 2.33 bits per heavy atom. The molecule has 0 saturated carbocycles. The first kappa shape index (κ1) is 13.2. The Morgan fingerprint density at radius 1 is 1.44 bits per heavy atom. The molecule has 0 fully saturated rings. The summed E-state index contributed by atoms with van der Waals surface area (Å²) in [6, 6.07) is 6.30. The molecule has 0 bridgehead atoms. The highest BCUT2D eigenvalue weighted by Crippen LogP contribution is 2.35. The van der Waals surface area contributed by atoms with Crippen LogP contribution in [0.25, 0.3) is 0 Å². The van der Waals surface area contributed by atoms with E-state index in [0.717, 1.165) is 30.9 Å². The molecule has 1 aromatic rings. The van der Waals surface area contributed by atoms with Gasteiger partial charge in [-0.15, -0.1) is 0 Å². The van der Waals surface area contributed by atoms with Crippen molar-refractivity contribution in [3.63, 3.8) is 0 Å². The number of benzene rings is 1. The molecular formula is C14H21NO3. The number of nitrogens with one attached hydrogen (secondary N) is 1. The number of fused-ring (bicyclic) bond motifs is 1. The molecule has 4 nitrogen and oxygen atoms in total. The molecule has 1 atom stereocenters. The second kappa shape index (κ2) is 6.61. The van der Waals surface area contributed by atoms with Crippen molar-refractivity contribution in [3.05, 3.63) is 23.8 Å². The standard InChI is InChI=1S/C14H21NO3/c1-2-15-13-10-18-14-9-11(5-6-12(13)14)17-8-4-3-7-16/h5-6,9,13,15-16H,2-4,7-8,10H2,1H3. The highest BCUT2D eigenvalue weighted by molar-refractivity contribution is 5.45. The van der Waals surface area contributed by atoms with Gasteiger partial charge in [-0.05, 0) is 31.5 Å². The van der Waals surface area contributed by atoms with Gasteiger partial charge >= 0.3 is 0 Å². The van der Waals surface area contributed by atoms with Crippen molar-refractivity contribution >= 4 is 0 Å². The van der Waals surface area contributed by atoms with Gasteiger partial charge in [0.05, 0.1) is 12.6 Å². The summed E-state index contributed by atoms with van der Waals surface area (Å²) in [5.41, 5.74) is 1.21. The molecule has 1 aliphatic heterocycles. The predicted molar refractivity (Wildman–Crippen MR) is 70.2 cm³/mol. The van der Waals surface area contributed by atoms with Crippen molar-refractivity contribution in [2.75, 3.05) is 26.4 Å². The van der Waals surface area contributed by atoms with E-state index < -0.39 is 0 Å². The molecule has 1 aromatic carbocycles. The summed E-state index contributed by atoms with van der Waals surface area (Å²) in [5.74, 6) is 1.75. The van der Waals surface area contributed by atoms with E-state index in [1.54, 1.807) is 0 Å². The van der Waals surface area contributed by atoms with Gasteiger partial charge in [-0.2, -0.15) is 0 Å². The van der Waals surface area contributed by atoms with Crippen LogP contribution in [0.5, 0.6) is 11.5 Å². The molecule has 0 aliphatic carbocycles. The summed E-state index contributed by atoms with van der Waals surface area (Å²) in [6.45, 7) is 4.58. The Bertz CT molecular complexity index is 381. The summed E-state index contributed by atoms with van der Waals surface area (Å²) in [6.07, 6.45) is 1.65. The van der Waals surface area contributed by atoms with Gasteiger partial charge < -0.3 is 19.9 Å². The van der Waals surface area contributed by atoms with Crippen LogP contribution >= 0.6 is 0 Å². The van der Waals surface area contributed by atoms with Gasteiger partial charge in [-0.3, -0.25) is 0 Å². The number of rotatable bonds is 7. The quantitative estimate of drug-likeness (QED) is 0.727. The predicted octanol–water partition coefficient (Wildman–Crippen LogP) is 1.88. The van der Waals surface area contributed by atoms with Gasteiger partial charge in [0, 0.05) is 18.2 Å². The molecule has 0 saturated heterocycles. The number of aliphatic hydroxyl groups is 1. The zero-order chi connectivity index (χ0) is 12.8. The largest absolute Gasteiger partial charge is 0.493 e. The summed E-state index contributed by atoms with van der Waals surface area (Å²) in [7, 11) is 0. The van der Waals surface area contributed by atoms with Crippen LogP contribution in [-0.2, 0) is 0 Å². The summed E-state index contributed by atoms with van der Waals surface area (Å²) in [5, 5.41) is 12.1. The second-order valence-electron chi connectivity index (χ2n) is 4.40. The summed E-state index contributed by atoms with van der Waals surface area (Å²) in [4.78, 5) is 0. The van der Waals surface area contributed by atoms with Crippen LogP contribution in [0, 0.1) is 0 Å². The van der Waals surface area contributed by atoms with Gasteiger partial charge in [-0.25, -0.2) is 0 Å². The van der Waals surface area contributed by atoms with E-state index in [1.165, 1.54) is 5.56 Å². The summed E-state index contributed by atoms with van der Waals surface area (Å²) < 4.78 is 11.3. The van der Waals surface area contributed by atoms with E-state index in [1.807, 2.05) is 12.1 Å². The third-order valence-corrected chi connectivity index (χ3v) is 3.04. The molecule has 0 radical (unpaired) electrons. The number of unbranched alkanes of at least 4 members (excludes halogenated alkanes) is 1. The van der Waals surface area contributed by atoms with Crippen molar-refractivity contribution in [2.45, 2.75) is 25.8 Å². The zero-order valence-corrected chi connectivity index (χ0v) is 10.8. The second-order valence-corrected chi connectivity index (χ2v) is 4.40. The molecule has 4 heteroatoms. The first-order valence-electron chi connectivity index (χ1n) is 6.59. The number of hydrogen-bond acceptors (Lipinski definition) is 4. The maximum absolute atomic E-state index is 8.69. The van der Waals surface area contributed by atoms with Gasteiger partial charge in [0.1, 0.15) is 18.1 Å². The van der Waals surface area contributed by atoms with Crippen molar-refractivity contribution in [2.24, 2.45) is 0 Å². The first-order chi connectivity index (χ1) is 8.85. The van der Waals surface area contributed by atoms with Crippen LogP contribution in [0.15, 0.2) is 18.2 Å². The van der Waals surface area contributed by atoms with Gasteiger partial charge in [0.15, 0.2) is 0 Å². The third kappa shape index (κ3) is 3.15. The Kier molecular flexibility index (Phi) is 4.84. The van der Waals surface area contributed by atoms with E-state index in [-0.39, 0.29) is 6.61 Å². The lowest BCUT2D eigenvalue weighted by atomic mass is 10.1. The fraction of sp³-hybridized carbons (Fsp3) is 0.571. The molecule has 18 heavy (non-hydrogen) atoms. The Labute approximate surface area is 108 Å². The molecule has 2 N–H and O–H groups in total. The van der Waals surface area contributed by atoms with Crippen molar-refractivity contribution in [3.8, 4) is 11.5 Å².